The quantitative estimate of drug-likeness (QED) is 0.749. The van der Waals surface area contributed by atoms with Crippen LogP contribution in [-0.4, -0.2) is 16.1 Å². The van der Waals surface area contributed by atoms with E-state index in [0.29, 0.717) is 6.42 Å². The van der Waals surface area contributed by atoms with E-state index in [0.717, 1.165) is 28.8 Å². The predicted octanol–water partition coefficient (Wildman–Crippen LogP) is 3.96. The topological polar surface area (TPSA) is 57.8 Å². The zero-order chi connectivity index (χ0) is 16.1. The molecule has 0 spiro atoms. The summed E-state index contributed by atoms with van der Waals surface area (Å²) in [6.45, 7) is 2.03. The van der Waals surface area contributed by atoms with Crippen LogP contribution >= 0.6 is 0 Å². The second-order valence-electron chi connectivity index (χ2n) is 5.55. The fourth-order valence-electron chi connectivity index (χ4n) is 2.59. The van der Waals surface area contributed by atoms with Gasteiger partial charge in [-0.3, -0.25) is 9.89 Å². The number of carbonyl (C=O) groups excluding carboxylic acids is 1. The number of carbonyl (C=O) groups is 1. The van der Waals surface area contributed by atoms with Crippen LogP contribution < -0.4 is 5.32 Å². The van der Waals surface area contributed by atoms with Gasteiger partial charge in [-0.1, -0.05) is 36.4 Å². The van der Waals surface area contributed by atoms with Crippen LogP contribution in [0.15, 0.2) is 60.9 Å². The van der Waals surface area contributed by atoms with Gasteiger partial charge in [0, 0.05) is 23.9 Å². The Hall–Kier alpha value is -2.88. The molecule has 0 radical (unpaired) electrons. The van der Waals surface area contributed by atoms with Crippen LogP contribution in [0.3, 0.4) is 0 Å². The number of hydrogen-bond donors (Lipinski definition) is 2. The first kappa shape index (κ1) is 15.0. The summed E-state index contributed by atoms with van der Waals surface area (Å²) in [6.07, 6.45) is 4.88. The largest absolute Gasteiger partial charge is 0.326 e. The van der Waals surface area contributed by atoms with E-state index in [1.54, 1.807) is 6.20 Å². The van der Waals surface area contributed by atoms with Gasteiger partial charge in [0.05, 0.1) is 6.20 Å². The van der Waals surface area contributed by atoms with Crippen molar-refractivity contribution in [2.75, 3.05) is 5.32 Å². The summed E-state index contributed by atoms with van der Waals surface area (Å²) < 4.78 is 0. The maximum absolute atomic E-state index is 12.1. The van der Waals surface area contributed by atoms with Crippen LogP contribution in [0.2, 0.25) is 0 Å². The highest BCUT2D eigenvalue weighted by Gasteiger charge is 2.07. The lowest BCUT2D eigenvalue weighted by Gasteiger charge is -2.09. The minimum Gasteiger partial charge on any atom is -0.326 e. The fraction of sp³-hybridized carbons (Fsp3) is 0.158. The van der Waals surface area contributed by atoms with Crippen LogP contribution in [0.25, 0.3) is 11.1 Å². The molecule has 0 fully saturated rings. The first-order chi connectivity index (χ1) is 11.2. The average Bonchev–Trinajstić information content (AvgIpc) is 3.08. The summed E-state index contributed by atoms with van der Waals surface area (Å²) in [5.41, 5.74) is 5.26. The Bertz CT molecular complexity index is 780. The van der Waals surface area contributed by atoms with Gasteiger partial charge in [0.15, 0.2) is 0 Å². The van der Waals surface area contributed by atoms with Crippen molar-refractivity contribution >= 4 is 11.6 Å². The van der Waals surface area contributed by atoms with Gasteiger partial charge < -0.3 is 5.32 Å². The standard InChI is InChI=1S/C19H19N3O/c1-14-11-17(8-9-18(14)16-12-20-21-13-16)22-19(23)10-7-15-5-3-2-4-6-15/h2-6,8-9,11-13H,7,10H2,1H3,(H,20,21)(H,22,23). The van der Waals surface area contributed by atoms with Crippen LogP contribution in [0.1, 0.15) is 17.5 Å². The van der Waals surface area contributed by atoms with Gasteiger partial charge in [0.2, 0.25) is 5.91 Å². The van der Waals surface area contributed by atoms with Crippen molar-refractivity contribution in [1.82, 2.24) is 10.2 Å². The van der Waals surface area contributed by atoms with Crippen LogP contribution in [0.5, 0.6) is 0 Å². The molecule has 116 valence electrons. The number of benzene rings is 2. The number of nitrogens with one attached hydrogen (secondary N) is 2. The molecule has 1 heterocycles. The van der Waals surface area contributed by atoms with Crippen molar-refractivity contribution in [3.63, 3.8) is 0 Å². The van der Waals surface area contributed by atoms with Crippen LogP contribution in [0.4, 0.5) is 5.69 Å². The highest BCUT2D eigenvalue weighted by molar-refractivity contribution is 5.91. The molecule has 0 aliphatic carbocycles. The molecule has 23 heavy (non-hydrogen) atoms. The lowest BCUT2D eigenvalue weighted by molar-refractivity contribution is -0.116. The molecule has 4 nitrogen and oxygen atoms in total. The molecule has 0 saturated heterocycles. The summed E-state index contributed by atoms with van der Waals surface area (Å²) in [7, 11) is 0. The second-order valence-corrected chi connectivity index (χ2v) is 5.55. The van der Waals surface area contributed by atoms with Gasteiger partial charge in [-0.25, -0.2) is 0 Å². The number of anilines is 1. The smallest absolute Gasteiger partial charge is 0.224 e. The number of amides is 1. The number of hydrogen-bond acceptors (Lipinski definition) is 2. The van der Waals surface area contributed by atoms with E-state index < -0.39 is 0 Å². The molecule has 0 atom stereocenters. The van der Waals surface area contributed by atoms with Crippen molar-refractivity contribution in [1.29, 1.82) is 0 Å². The van der Waals surface area contributed by atoms with E-state index >= 15 is 0 Å². The molecule has 0 bridgehead atoms. The Morgan fingerprint density at radius 1 is 1.17 bits per heavy atom. The number of nitrogens with zero attached hydrogens (tertiary/aromatic N) is 1. The van der Waals surface area contributed by atoms with Crippen LogP contribution in [0, 0.1) is 6.92 Å². The molecule has 3 aromatic rings. The molecule has 0 saturated carbocycles. The van der Waals surface area contributed by atoms with Crippen LogP contribution in [-0.2, 0) is 11.2 Å². The van der Waals surface area contributed by atoms with Crippen molar-refractivity contribution in [2.24, 2.45) is 0 Å². The van der Waals surface area contributed by atoms with E-state index in [2.05, 4.69) is 15.5 Å². The Morgan fingerprint density at radius 3 is 2.70 bits per heavy atom. The number of aromatic amines is 1. The van der Waals surface area contributed by atoms with E-state index in [9.17, 15) is 4.79 Å². The Kier molecular flexibility index (Phi) is 4.52. The minimum atomic E-state index is 0.0318. The normalized spacial score (nSPS) is 10.5. The van der Waals surface area contributed by atoms with Gasteiger partial charge in [-0.05, 0) is 42.2 Å². The summed E-state index contributed by atoms with van der Waals surface area (Å²) in [6, 6.07) is 16.0. The zero-order valence-electron chi connectivity index (χ0n) is 13.0. The van der Waals surface area contributed by atoms with E-state index in [1.165, 1.54) is 5.56 Å². The fourth-order valence-corrected chi connectivity index (χ4v) is 2.59. The molecule has 2 N–H and O–H groups in total. The SMILES string of the molecule is Cc1cc(NC(=O)CCc2ccccc2)ccc1-c1cn[nH]c1. The van der Waals surface area contributed by atoms with Gasteiger partial charge >= 0.3 is 0 Å². The first-order valence-corrected chi connectivity index (χ1v) is 7.66. The number of aromatic nitrogens is 2. The Balaban J connectivity index is 1.62. The molecule has 1 aromatic heterocycles. The molecule has 0 aliphatic heterocycles. The maximum Gasteiger partial charge on any atom is 0.224 e. The molecule has 0 unspecified atom stereocenters. The third kappa shape index (κ3) is 3.86. The third-order valence-electron chi connectivity index (χ3n) is 3.80. The molecular weight excluding hydrogens is 286 g/mol. The van der Waals surface area contributed by atoms with Gasteiger partial charge in [-0.2, -0.15) is 5.10 Å². The molecule has 1 amide bonds. The molecule has 4 heteroatoms. The van der Waals surface area contributed by atoms with E-state index in [-0.39, 0.29) is 5.91 Å². The van der Waals surface area contributed by atoms with Crippen molar-refractivity contribution in [2.45, 2.75) is 19.8 Å². The lowest BCUT2D eigenvalue weighted by atomic mass is 10.0. The highest BCUT2D eigenvalue weighted by atomic mass is 16.1. The van der Waals surface area contributed by atoms with Gasteiger partial charge in [0.25, 0.3) is 0 Å². The second kappa shape index (κ2) is 6.92. The van der Waals surface area contributed by atoms with E-state index in [1.807, 2.05) is 61.7 Å². The zero-order valence-corrected chi connectivity index (χ0v) is 13.0. The number of aryl methyl sites for hydroxylation is 2. The van der Waals surface area contributed by atoms with Crippen molar-refractivity contribution in [3.05, 3.63) is 72.1 Å². The summed E-state index contributed by atoms with van der Waals surface area (Å²) in [5, 5.41) is 9.75. The third-order valence-corrected chi connectivity index (χ3v) is 3.80. The first-order valence-electron chi connectivity index (χ1n) is 7.66. The molecule has 3 rings (SSSR count). The molecular formula is C19H19N3O. The Labute approximate surface area is 135 Å². The molecule has 2 aromatic carbocycles. The van der Waals surface area contributed by atoms with E-state index in [4.69, 9.17) is 0 Å². The molecule has 0 aliphatic rings. The highest BCUT2D eigenvalue weighted by Crippen LogP contribution is 2.25. The van der Waals surface area contributed by atoms with Crippen molar-refractivity contribution in [3.8, 4) is 11.1 Å². The lowest BCUT2D eigenvalue weighted by Crippen LogP contribution is -2.12. The van der Waals surface area contributed by atoms with Gasteiger partial charge in [-0.15, -0.1) is 0 Å². The maximum atomic E-state index is 12.1. The number of H-pyrrole nitrogens is 1. The summed E-state index contributed by atoms with van der Waals surface area (Å²) in [4.78, 5) is 12.1. The van der Waals surface area contributed by atoms with Crippen molar-refractivity contribution < 1.29 is 4.79 Å². The average molecular weight is 305 g/mol. The van der Waals surface area contributed by atoms with Gasteiger partial charge in [0.1, 0.15) is 0 Å². The predicted molar refractivity (Wildman–Crippen MR) is 92.2 cm³/mol. The Morgan fingerprint density at radius 2 is 2.00 bits per heavy atom. The summed E-state index contributed by atoms with van der Waals surface area (Å²) in [5.74, 6) is 0.0318. The summed E-state index contributed by atoms with van der Waals surface area (Å²) >= 11 is 0. The monoisotopic (exact) mass is 305 g/mol. The minimum absolute atomic E-state index is 0.0318. The number of rotatable bonds is 5.